The predicted octanol–water partition coefficient (Wildman–Crippen LogP) is 6.82. The number of rotatable bonds is 11. The highest BCUT2D eigenvalue weighted by Crippen LogP contribution is 2.36. The number of likely N-dealkylation sites (N-methyl/N-ethyl adjacent to an activating group) is 2. The molecule has 2 saturated heterocycles. The second kappa shape index (κ2) is 16.2. The maximum atomic E-state index is 13.9. The van der Waals surface area contributed by atoms with Crippen molar-refractivity contribution in [2.75, 3.05) is 46.6 Å². The summed E-state index contributed by atoms with van der Waals surface area (Å²) in [6.07, 6.45) is 4.97. The van der Waals surface area contributed by atoms with Gasteiger partial charge in [0.05, 0.1) is 23.4 Å². The molecular weight excluding hydrogens is 715 g/mol. The van der Waals surface area contributed by atoms with E-state index in [1.54, 1.807) is 4.90 Å². The number of carbonyl (C=O) groups is 3. The van der Waals surface area contributed by atoms with Gasteiger partial charge in [-0.15, -0.1) is 0 Å². The van der Waals surface area contributed by atoms with Crippen molar-refractivity contribution in [3.8, 4) is 22.4 Å². The number of benzene rings is 4. The number of fused-ring (bicyclic) bond motifs is 1. The highest BCUT2D eigenvalue weighted by atomic mass is 16.2. The first-order valence-corrected chi connectivity index (χ1v) is 19.7. The molecule has 2 aliphatic rings. The van der Waals surface area contributed by atoms with Crippen molar-refractivity contribution < 1.29 is 14.4 Å². The number of imidazole rings is 1. The Kier molecular flexibility index (Phi) is 10.7. The lowest BCUT2D eigenvalue weighted by Crippen LogP contribution is -2.47. The zero-order chi connectivity index (χ0) is 39.6. The van der Waals surface area contributed by atoms with Gasteiger partial charge in [0.15, 0.2) is 5.82 Å². The molecule has 3 amide bonds. The number of anilines is 1. The number of carbonyl (C=O) groups excluding carboxylic acids is 3. The molecule has 0 bridgehead atoms. The SMILES string of the molecule is CN(C)[C@@H](C(=O)N1CCC[C@H]1C(=O)Nc1n[nH]c2ccc(-c3ccc(-c4cnc([C@@H]5CCCN5C(=O)[C@@H](c5ccccc5)N(C)C)[nH]4)cc3)cc12)c1ccccc1. The summed E-state index contributed by atoms with van der Waals surface area (Å²) in [5.74, 6) is 0.989. The lowest BCUT2D eigenvalue weighted by molar-refractivity contribution is -0.140. The van der Waals surface area contributed by atoms with Gasteiger partial charge >= 0.3 is 0 Å². The normalized spacial score (nSPS) is 18.1. The summed E-state index contributed by atoms with van der Waals surface area (Å²) in [5.41, 5.74) is 6.53. The van der Waals surface area contributed by atoms with Crippen LogP contribution in [0.1, 0.15) is 60.8 Å². The van der Waals surface area contributed by atoms with E-state index in [0.717, 1.165) is 69.5 Å². The molecule has 2 aliphatic heterocycles. The highest BCUT2D eigenvalue weighted by molar-refractivity contribution is 6.04. The van der Waals surface area contributed by atoms with Crippen LogP contribution in [0.15, 0.2) is 109 Å². The number of aromatic nitrogens is 4. The van der Waals surface area contributed by atoms with E-state index in [2.05, 4.69) is 44.8 Å². The number of hydrogen-bond donors (Lipinski definition) is 3. The van der Waals surface area contributed by atoms with Crippen LogP contribution in [0.3, 0.4) is 0 Å². The van der Waals surface area contributed by atoms with E-state index in [1.165, 1.54) is 0 Å². The third kappa shape index (κ3) is 7.58. The van der Waals surface area contributed by atoms with Crippen molar-refractivity contribution in [1.82, 2.24) is 39.8 Å². The molecule has 12 nitrogen and oxygen atoms in total. The zero-order valence-corrected chi connectivity index (χ0v) is 32.9. The van der Waals surface area contributed by atoms with E-state index in [0.29, 0.717) is 25.3 Å². The molecule has 12 heteroatoms. The number of nitrogens with one attached hydrogen (secondary N) is 3. The Morgan fingerprint density at radius 1 is 0.719 bits per heavy atom. The number of nitrogens with zero attached hydrogens (tertiary/aromatic N) is 6. The van der Waals surface area contributed by atoms with Gasteiger partial charge in [0.1, 0.15) is 23.9 Å². The van der Waals surface area contributed by atoms with Crippen LogP contribution in [-0.4, -0.2) is 105 Å². The minimum absolute atomic E-state index is 0.0829. The van der Waals surface area contributed by atoms with E-state index in [-0.39, 0.29) is 29.8 Å². The Labute approximate surface area is 332 Å². The predicted molar refractivity (Wildman–Crippen MR) is 222 cm³/mol. The van der Waals surface area contributed by atoms with E-state index in [4.69, 9.17) is 4.98 Å². The third-order valence-electron chi connectivity index (χ3n) is 11.4. The van der Waals surface area contributed by atoms with Crippen LogP contribution < -0.4 is 5.32 Å². The molecule has 0 unspecified atom stereocenters. The van der Waals surface area contributed by atoms with Crippen LogP contribution in [0.5, 0.6) is 0 Å². The monoisotopic (exact) mass is 763 g/mol. The van der Waals surface area contributed by atoms with Crippen LogP contribution in [0.25, 0.3) is 33.3 Å². The average Bonchev–Trinajstić information content (AvgIpc) is 4.06. The largest absolute Gasteiger partial charge is 0.340 e. The topological polar surface area (TPSA) is 134 Å². The Morgan fingerprint density at radius 3 is 1.95 bits per heavy atom. The molecule has 4 atom stereocenters. The van der Waals surface area contributed by atoms with Gasteiger partial charge in [-0.2, -0.15) is 5.10 Å². The molecule has 0 spiro atoms. The lowest BCUT2D eigenvalue weighted by atomic mass is 10.0. The van der Waals surface area contributed by atoms with Crippen molar-refractivity contribution in [2.24, 2.45) is 0 Å². The van der Waals surface area contributed by atoms with Crippen LogP contribution >= 0.6 is 0 Å². The summed E-state index contributed by atoms with van der Waals surface area (Å²) in [7, 11) is 7.67. The van der Waals surface area contributed by atoms with Gasteiger partial charge in [-0.25, -0.2) is 4.98 Å². The molecule has 2 aromatic heterocycles. The fourth-order valence-electron chi connectivity index (χ4n) is 8.51. The molecule has 2 fully saturated rings. The first-order valence-electron chi connectivity index (χ1n) is 19.7. The summed E-state index contributed by atoms with van der Waals surface area (Å²) in [5, 5.41) is 11.3. The molecule has 0 aliphatic carbocycles. The molecule has 292 valence electrons. The standard InChI is InChI=1S/C45H49N9O3/c1-51(2)39(31-13-7-5-8-14-31)44(56)53-25-11-17-37(53)42-46-28-36(47-42)30-21-19-29(20-22-30)33-23-24-35-34(27-33)41(50-49-35)48-43(55)38-18-12-26-54(38)45(57)40(52(3)4)32-15-9-6-10-16-32/h5-10,13-16,19-24,27-28,37-40H,11-12,17-18,25-26H2,1-4H3,(H,46,47)(H2,48,49,50,55)/t37-,38-,39+,40+/m0/s1. The third-order valence-corrected chi connectivity index (χ3v) is 11.4. The van der Waals surface area contributed by atoms with Gasteiger partial charge in [0.2, 0.25) is 17.7 Å². The lowest BCUT2D eigenvalue weighted by Gasteiger charge is -2.31. The molecular formula is C45H49N9O3. The van der Waals surface area contributed by atoms with E-state index in [1.807, 2.05) is 128 Å². The summed E-state index contributed by atoms with van der Waals surface area (Å²) < 4.78 is 0. The van der Waals surface area contributed by atoms with E-state index >= 15 is 0 Å². The Morgan fingerprint density at radius 2 is 1.30 bits per heavy atom. The highest BCUT2D eigenvalue weighted by Gasteiger charge is 2.39. The van der Waals surface area contributed by atoms with Crippen molar-refractivity contribution in [3.05, 3.63) is 126 Å². The van der Waals surface area contributed by atoms with Crippen molar-refractivity contribution >= 4 is 34.4 Å². The van der Waals surface area contributed by atoms with Gasteiger partial charge in [-0.3, -0.25) is 29.3 Å². The van der Waals surface area contributed by atoms with Gasteiger partial charge < -0.3 is 20.1 Å². The van der Waals surface area contributed by atoms with Crippen molar-refractivity contribution in [1.29, 1.82) is 0 Å². The molecule has 0 radical (unpaired) electrons. The molecule has 4 heterocycles. The second-order valence-electron chi connectivity index (χ2n) is 15.5. The number of likely N-dealkylation sites (tertiary alicyclic amines) is 2. The summed E-state index contributed by atoms with van der Waals surface area (Å²) in [6, 6.07) is 32.3. The van der Waals surface area contributed by atoms with Crippen molar-refractivity contribution in [3.63, 3.8) is 0 Å². The molecule has 6 aromatic rings. The first-order chi connectivity index (χ1) is 27.7. The Balaban J connectivity index is 0.961. The smallest absolute Gasteiger partial charge is 0.248 e. The maximum Gasteiger partial charge on any atom is 0.248 e. The summed E-state index contributed by atoms with van der Waals surface area (Å²) >= 11 is 0. The van der Waals surface area contributed by atoms with Gasteiger partial charge in [0.25, 0.3) is 0 Å². The number of hydrogen-bond acceptors (Lipinski definition) is 7. The minimum atomic E-state index is -0.587. The summed E-state index contributed by atoms with van der Waals surface area (Å²) in [4.78, 5) is 57.5. The van der Waals surface area contributed by atoms with Gasteiger partial charge in [-0.05, 0) is 93.8 Å². The van der Waals surface area contributed by atoms with Gasteiger partial charge in [-0.1, -0.05) is 91.0 Å². The van der Waals surface area contributed by atoms with Crippen LogP contribution in [0.4, 0.5) is 5.82 Å². The van der Waals surface area contributed by atoms with E-state index < -0.39 is 12.1 Å². The van der Waals surface area contributed by atoms with Crippen LogP contribution in [0.2, 0.25) is 0 Å². The first kappa shape index (κ1) is 37.8. The van der Waals surface area contributed by atoms with Crippen LogP contribution in [-0.2, 0) is 14.4 Å². The van der Waals surface area contributed by atoms with Crippen LogP contribution in [0, 0.1) is 0 Å². The molecule has 57 heavy (non-hydrogen) atoms. The van der Waals surface area contributed by atoms with E-state index in [9.17, 15) is 14.4 Å². The molecule has 3 N–H and O–H groups in total. The maximum absolute atomic E-state index is 13.9. The number of aromatic amines is 2. The number of H-pyrrole nitrogens is 2. The van der Waals surface area contributed by atoms with Crippen molar-refractivity contribution in [2.45, 2.75) is 49.9 Å². The Hall–Kier alpha value is -6.11. The second-order valence-corrected chi connectivity index (χ2v) is 15.5. The molecule has 8 rings (SSSR count). The fraction of sp³-hybridized carbons (Fsp3) is 0.311. The quantitative estimate of drug-likeness (QED) is 0.132. The van der Waals surface area contributed by atoms with Gasteiger partial charge in [0, 0.05) is 18.5 Å². The number of amides is 3. The molecule has 4 aromatic carbocycles. The minimum Gasteiger partial charge on any atom is -0.340 e. The molecule has 0 saturated carbocycles. The zero-order valence-electron chi connectivity index (χ0n) is 32.9. The Bertz CT molecular complexity index is 2350. The fourth-order valence-corrected chi connectivity index (χ4v) is 8.51. The average molecular weight is 764 g/mol. The summed E-state index contributed by atoms with van der Waals surface area (Å²) in [6.45, 7) is 1.22.